The molecular formula is C30H35ClF3N7O4. The molecule has 0 aliphatic rings. The molecule has 0 bridgehead atoms. The molecule has 2 aromatic carbocycles. The highest BCUT2D eigenvalue weighted by Gasteiger charge is 2.32. The monoisotopic (exact) mass is 649 g/mol. The fourth-order valence-corrected chi connectivity index (χ4v) is 4.39. The number of benzene rings is 2. The van der Waals surface area contributed by atoms with Crippen LogP contribution in [-0.2, 0) is 27.0 Å². The minimum absolute atomic E-state index is 0.199. The first-order chi connectivity index (χ1) is 21.4. The number of carbonyl (C=O) groups excluding carboxylic acids is 3. The number of hydrogen-bond acceptors (Lipinski definition) is 8. The van der Waals surface area contributed by atoms with Crippen LogP contribution < -0.4 is 32.6 Å². The Balaban J connectivity index is 1.67. The molecule has 0 aliphatic heterocycles. The summed E-state index contributed by atoms with van der Waals surface area (Å²) in [4.78, 5) is 44.0. The molecule has 8 N–H and O–H groups in total. The standard InChI is InChI=1S/C30H35ClF3N7O4/c31-23-16-20(30(32,33)34)18-38-29(23)45-22-9-7-21(8-10-22)39-28(44)25(11-6-19-4-2-1-3-5-19)40-27(43)24(37)17-26(42)41(14-12-35)15-13-36/h1-5,7-10,16,18,24-25H,6,11-15,17,35-37H2,(H,39,44)(H,40,43)/t24-,25-/m0/s1. The molecule has 1 aromatic heterocycles. The first-order valence-corrected chi connectivity index (χ1v) is 14.4. The van der Waals surface area contributed by atoms with E-state index in [4.69, 9.17) is 33.5 Å². The van der Waals surface area contributed by atoms with Gasteiger partial charge in [0.05, 0.1) is 18.0 Å². The zero-order chi connectivity index (χ0) is 33.0. The van der Waals surface area contributed by atoms with E-state index in [-0.39, 0.29) is 61.6 Å². The van der Waals surface area contributed by atoms with Gasteiger partial charge in [0.25, 0.3) is 0 Å². The molecule has 1 heterocycles. The van der Waals surface area contributed by atoms with Crippen molar-refractivity contribution in [1.82, 2.24) is 15.2 Å². The number of pyridine rings is 1. The third-order valence-corrected chi connectivity index (χ3v) is 6.82. The minimum atomic E-state index is -4.61. The number of nitrogens with zero attached hydrogens (tertiary/aromatic N) is 2. The molecule has 0 saturated heterocycles. The van der Waals surface area contributed by atoms with Crippen LogP contribution in [0.5, 0.6) is 11.6 Å². The van der Waals surface area contributed by atoms with Crippen molar-refractivity contribution in [2.45, 2.75) is 37.5 Å². The summed E-state index contributed by atoms with van der Waals surface area (Å²) >= 11 is 5.91. The summed E-state index contributed by atoms with van der Waals surface area (Å²) in [6.07, 6.45) is -3.60. The van der Waals surface area contributed by atoms with E-state index in [1.54, 1.807) is 0 Å². The van der Waals surface area contributed by atoms with Gasteiger partial charge in [-0.3, -0.25) is 14.4 Å². The van der Waals surface area contributed by atoms with E-state index >= 15 is 0 Å². The van der Waals surface area contributed by atoms with Crippen LogP contribution in [0, 0.1) is 0 Å². The Hall–Kier alpha value is -4.24. The quantitative estimate of drug-likeness (QED) is 0.167. The summed E-state index contributed by atoms with van der Waals surface area (Å²) < 4.78 is 44.1. The van der Waals surface area contributed by atoms with Gasteiger partial charge in [-0.05, 0) is 48.7 Å². The number of aromatic nitrogens is 1. The largest absolute Gasteiger partial charge is 0.438 e. The molecule has 2 atom stereocenters. The Bertz CT molecular complexity index is 1420. The second-order valence-corrected chi connectivity index (χ2v) is 10.4. The van der Waals surface area contributed by atoms with E-state index in [1.807, 2.05) is 30.3 Å². The molecule has 0 saturated carbocycles. The molecule has 0 spiro atoms. The first kappa shape index (κ1) is 35.2. The van der Waals surface area contributed by atoms with E-state index < -0.39 is 35.6 Å². The number of ether oxygens (including phenoxy) is 1. The van der Waals surface area contributed by atoms with Gasteiger partial charge < -0.3 is 37.5 Å². The lowest BCUT2D eigenvalue weighted by molar-refractivity contribution is -0.138. The van der Waals surface area contributed by atoms with Crippen molar-refractivity contribution in [2.75, 3.05) is 31.5 Å². The summed E-state index contributed by atoms with van der Waals surface area (Å²) in [5, 5.41) is 5.05. The molecule has 3 amide bonds. The lowest BCUT2D eigenvalue weighted by Gasteiger charge is -2.24. The minimum Gasteiger partial charge on any atom is -0.438 e. The van der Waals surface area contributed by atoms with E-state index in [9.17, 15) is 27.6 Å². The lowest BCUT2D eigenvalue weighted by atomic mass is 10.0. The second-order valence-electron chi connectivity index (χ2n) is 9.98. The zero-order valence-electron chi connectivity index (χ0n) is 24.2. The number of aryl methyl sites for hydroxylation is 1. The second kappa shape index (κ2) is 16.7. The molecule has 0 unspecified atom stereocenters. The third-order valence-electron chi connectivity index (χ3n) is 6.55. The molecule has 0 fully saturated rings. The maximum absolute atomic E-state index is 13.3. The average Bonchev–Trinajstić information content (AvgIpc) is 3.00. The number of anilines is 1. The van der Waals surface area contributed by atoms with Crippen molar-refractivity contribution < 1.29 is 32.3 Å². The Morgan fingerprint density at radius 1 is 0.978 bits per heavy atom. The van der Waals surface area contributed by atoms with Crippen LogP contribution in [0.15, 0.2) is 66.9 Å². The van der Waals surface area contributed by atoms with Crippen LogP contribution in [0.1, 0.15) is 24.0 Å². The van der Waals surface area contributed by atoms with Gasteiger partial charge in [-0.15, -0.1) is 0 Å². The molecule has 11 nitrogen and oxygen atoms in total. The van der Waals surface area contributed by atoms with Crippen molar-refractivity contribution in [3.63, 3.8) is 0 Å². The smallest absolute Gasteiger partial charge is 0.417 e. The number of carbonyl (C=O) groups is 3. The number of nitrogens with two attached hydrogens (primary N) is 3. The molecular weight excluding hydrogens is 615 g/mol. The van der Waals surface area contributed by atoms with E-state index in [1.165, 1.54) is 29.2 Å². The van der Waals surface area contributed by atoms with E-state index in [0.717, 1.165) is 5.56 Å². The number of hydrogen-bond donors (Lipinski definition) is 5. The van der Waals surface area contributed by atoms with Crippen molar-refractivity contribution >= 4 is 35.0 Å². The van der Waals surface area contributed by atoms with Gasteiger partial charge in [0.1, 0.15) is 16.8 Å². The highest BCUT2D eigenvalue weighted by atomic mass is 35.5. The van der Waals surface area contributed by atoms with Crippen LogP contribution in [-0.4, -0.2) is 65.9 Å². The number of amides is 3. The fourth-order valence-electron chi connectivity index (χ4n) is 4.19. The van der Waals surface area contributed by atoms with Crippen molar-refractivity contribution in [3.8, 4) is 11.6 Å². The SMILES string of the molecule is NCCN(CCN)C(=O)C[C@H](N)C(=O)N[C@@H](CCc1ccccc1)C(=O)Nc1ccc(Oc2ncc(C(F)(F)F)cc2Cl)cc1. The molecule has 3 rings (SSSR count). The number of rotatable bonds is 15. The molecule has 45 heavy (non-hydrogen) atoms. The predicted octanol–water partition coefficient (Wildman–Crippen LogP) is 3.07. The zero-order valence-corrected chi connectivity index (χ0v) is 25.0. The molecule has 3 aromatic rings. The van der Waals surface area contributed by atoms with Crippen molar-refractivity contribution in [2.24, 2.45) is 17.2 Å². The van der Waals surface area contributed by atoms with Crippen molar-refractivity contribution in [3.05, 3.63) is 83.0 Å². The molecule has 0 aliphatic carbocycles. The fraction of sp³-hybridized carbons (Fsp3) is 0.333. The normalized spacial score (nSPS) is 12.6. The van der Waals surface area contributed by atoms with Crippen LogP contribution in [0.2, 0.25) is 5.02 Å². The van der Waals surface area contributed by atoms with Gasteiger partial charge in [0.2, 0.25) is 23.6 Å². The Kier molecular flexibility index (Phi) is 13.1. The maximum atomic E-state index is 13.3. The summed E-state index contributed by atoms with van der Waals surface area (Å²) in [5.41, 5.74) is 17.4. The van der Waals surface area contributed by atoms with Crippen LogP contribution in [0.3, 0.4) is 0 Å². The summed E-state index contributed by atoms with van der Waals surface area (Å²) in [7, 11) is 0. The lowest BCUT2D eigenvalue weighted by Crippen LogP contribution is -2.52. The molecule has 15 heteroatoms. The van der Waals surface area contributed by atoms with Crippen LogP contribution >= 0.6 is 11.6 Å². The summed E-state index contributed by atoms with van der Waals surface area (Å²) in [6, 6.07) is 13.7. The van der Waals surface area contributed by atoms with Gasteiger partial charge in [-0.1, -0.05) is 41.9 Å². The summed E-state index contributed by atoms with van der Waals surface area (Å²) in [6.45, 7) is 0.984. The number of nitrogens with one attached hydrogen (secondary N) is 2. The van der Waals surface area contributed by atoms with Crippen LogP contribution in [0.25, 0.3) is 0 Å². The molecule has 0 radical (unpaired) electrons. The Labute approximate surface area is 263 Å². The summed E-state index contributed by atoms with van der Waals surface area (Å²) in [5.74, 6) is -1.62. The molecule has 242 valence electrons. The first-order valence-electron chi connectivity index (χ1n) is 14.0. The third kappa shape index (κ3) is 11.0. The van der Waals surface area contributed by atoms with E-state index in [0.29, 0.717) is 24.4 Å². The van der Waals surface area contributed by atoms with Gasteiger partial charge in [-0.25, -0.2) is 4.98 Å². The van der Waals surface area contributed by atoms with Gasteiger partial charge >= 0.3 is 6.18 Å². The van der Waals surface area contributed by atoms with Crippen LogP contribution in [0.4, 0.5) is 18.9 Å². The Morgan fingerprint density at radius 3 is 2.20 bits per heavy atom. The average molecular weight is 650 g/mol. The topological polar surface area (TPSA) is 179 Å². The Morgan fingerprint density at radius 2 is 1.62 bits per heavy atom. The highest BCUT2D eigenvalue weighted by molar-refractivity contribution is 6.31. The van der Waals surface area contributed by atoms with Crippen molar-refractivity contribution in [1.29, 1.82) is 0 Å². The van der Waals surface area contributed by atoms with Gasteiger partial charge in [0.15, 0.2) is 0 Å². The maximum Gasteiger partial charge on any atom is 0.417 e. The van der Waals surface area contributed by atoms with Gasteiger partial charge in [-0.2, -0.15) is 13.2 Å². The van der Waals surface area contributed by atoms with E-state index in [2.05, 4.69) is 15.6 Å². The number of halogens is 4. The number of alkyl halides is 3. The predicted molar refractivity (Wildman–Crippen MR) is 163 cm³/mol. The van der Waals surface area contributed by atoms with Gasteiger partial charge in [0, 0.05) is 38.1 Å². The highest BCUT2D eigenvalue weighted by Crippen LogP contribution is 2.34.